The molecule has 0 aromatic heterocycles. The standard InChI is InChI=1S/C24H38O2/c1-3-5-7-8-10-20-11-13-21(14-12-20)22-15-17-23(18-16-22)24(25)26-19-9-6-4-2/h15-18,20-21H,3-14,19H2,1-2H3/t20-,21-. The Labute approximate surface area is 160 Å². The maximum atomic E-state index is 12.1. The average Bonchev–Trinajstić information content (AvgIpc) is 2.69. The van der Waals surface area contributed by atoms with Crippen molar-refractivity contribution in [2.45, 2.75) is 96.8 Å². The topological polar surface area (TPSA) is 26.3 Å². The van der Waals surface area contributed by atoms with Crippen LogP contribution < -0.4 is 0 Å². The van der Waals surface area contributed by atoms with Gasteiger partial charge in [-0.1, -0.05) is 70.9 Å². The lowest BCUT2D eigenvalue weighted by atomic mass is 9.77. The maximum Gasteiger partial charge on any atom is 0.338 e. The van der Waals surface area contributed by atoms with Gasteiger partial charge >= 0.3 is 5.97 Å². The molecule has 0 amide bonds. The van der Waals surface area contributed by atoms with Gasteiger partial charge in [0, 0.05) is 0 Å². The summed E-state index contributed by atoms with van der Waals surface area (Å²) in [5.41, 5.74) is 2.09. The molecule has 0 unspecified atom stereocenters. The minimum atomic E-state index is -0.177. The summed E-state index contributed by atoms with van der Waals surface area (Å²) in [4.78, 5) is 12.1. The van der Waals surface area contributed by atoms with Crippen molar-refractivity contribution >= 4 is 5.97 Å². The fraction of sp³-hybridized carbons (Fsp3) is 0.708. The first kappa shape index (κ1) is 21.0. The molecule has 0 atom stereocenters. The molecule has 146 valence electrons. The van der Waals surface area contributed by atoms with Gasteiger partial charge in [-0.15, -0.1) is 0 Å². The minimum absolute atomic E-state index is 0.177. The zero-order valence-electron chi connectivity index (χ0n) is 17.0. The number of esters is 1. The van der Waals surface area contributed by atoms with E-state index in [0.29, 0.717) is 18.1 Å². The normalized spacial score (nSPS) is 20.1. The monoisotopic (exact) mass is 358 g/mol. The Morgan fingerprint density at radius 1 is 0.885 bits per heavy atom. The van der Waals surface area contributed by atoms with E-state index in [-0.39, 0.29) is 5.97 Å². The summed E-state index contributed by atoms with van der Waals surface area (Å²) < 4.78 is 5.35. The Morgan fingerprint density at radius 2 is 1.54 bits per heavy atom. The molecule has 1 saturated carbocycles. The van der Waals surface area contributed by atoms with Crippen LogP contribution in [0.25, 0.3) is 0 Å². The Bertz CT molecular complexity index is 497. The average molecular weight is 359 g/mol. The number of carbonyl (C=O) groups excluding carboxylic acids is 1. The van der Waals surface area contributed by atoms with E-state index in [0.717, 1.165) is 25.2 Å². The van der Waals surface area contributed by atoms with Crippen LogP contribution in [0.2, 0.25) is 0 Å². The molecule has 0 radical (unpaired) electrons. The van der Waals surface area contributed by atoms with Crippen molar-refractivity contribution in [2.75, 3.05) is 6.61 Å². The Kier molecular flexibility index (Phi) is 9.81. The van der Waals surface area contributed by atoms with Crippen LogP contribution >= 0.6 is 0 Å². The van der Waals surface area contributed by atoms with Crippen LogP contribution in [-0.4, -0.2) is 12.6 Å². The second kappa shape index (κ2) is 12.1. The summed E-state index contributed by atoms with van der Waals surface area (Å²) in [7, 11) is 0. The number of benzene rings is 1. The fourth-order valence-electron chi connectivity index (χ4n) is 4.14. The molecule has 0 saturated heterocycles. The number of hydrogen-bond donors (Lipinski definition) is 0. The zero-order valence-corrected chi connectivity index (χ0v) is 17.0. The molecule has 0 spiro atoms. The van der Waals surface area contributed by atoms with Crippen LogP contribution in [0.5, 0.6) is 0 Å². The Balaban J connectivity index is 1.72. The van der Waals surface area contributed by atoms with Gasteiger partial charge in [0.05, 0.1) is 12.2 Å². The van der Waals surface area contributed by atoms with Crippen LogP contribution in [0.15, 0.2) is 24.3 Å². The molecule has 2 rings (SSSR count). The number of carbonyl (C=O) groups is 1. The van der Waals surface area contributed by atoms with Crippen LogP contribution in [0, 0.1) is 5.92 Å². The van der Waals surface area contributed by atoms with Crippen molar-refractivity contribution in [3.05, 3.63) is 35.4 Å². The van der Waals surface area contributed by atoms with Crippen molar-refractivity contribution in [3.8, 4) is 0 Å². The molecule has 2 nitrogen and oxygen atoms in total. The fourth-order valence-corrected chi connectivity index (χ4v) is 4.14. The van der Waals surface area contributed by atoms with Gasteiger partial charge in [0.15, 0.2) is 0 Å². The van der Waals surface area contributed by atoms with Crippen LogP contribution in [0.3, 0.4) is 0 Å². The highest BCUT2D eigenvalue weighted by atomic mass is 16.5. The summed E-state index contributed by atoms with van der Waals surface area (Å²) in [6, 6.07) is 8.20. The number of hydrogen-bond acceptors (Lipinski definition) is 2. The first-order chi connectivity index (χ1) is 12.7. The van der Waals surface area contributed by atoms with Gasteiger partial charge in [-0.3, -0.25) is 0 Å². The summed E-state index contributed by atoms with van der Waals surface area (Å²) >= 11 is 0. The lowest BCUT2D eigenvalue weighted by Gasteiger charge is -2.29. The Morgan fingerprint density at radius 3 is 2.19 bits per heavy atom. The van der Waals surface area contributed by atoms with E-state index in [4.69, 9.17) is 4.74 Å². The number of unbranched alkanes of at least 4 members (excludes halogenated alkanes) is 5. The van der Waals surface area contributed by atoms with E-state index >= 15 is 0 Å². The third kappa shape index (κ3) is 7.13. The number of rotatable bonds is 11. The van der Waals surface area contributed by atoms with E-state index in [2.05, 4.69) is 26.0 Å². The lowest BCUT2D eigenvalue weighted by molar-refractivity contribution is 0.0498. The molecular formula is C24H38O2. The molecule has 26 heavy (non-hydrogen) atoms. The van der Waals surface area contributed by atoms with Crippen molar-refractivity contribution in [1.82, 2.24) is 0 Å². The summed E-state index contributed by atoms with van der Waals surface area (Å²) in [5, 5.41) is 0. The van der Waals surface area contributed by atoms with Gasteiger partial charge in [0.2, 0.25) is 0 Å². The minimum Gasteiger partial charge on any atom is -0.462 e. The predicted octanol–water partition coefficient (Wildman–Crippen LogP) is 7.28. The van der Waals surface area contributed by atoms with E-state index in [1.807, 2.05) is 12.1 Å². The highest BCUT2D eigenvalue weighted by Gasteiger charge is 2.22. The van der Waals surface area contributed by atoms with Crippen LogP contribution in [-0.2, 0) is 4.74 Å². The van der Waals surface area contributed by atoms with E-state index in [1.54, 1.807) is 0 Å². The molecule has 0 N–H and O–H groups in total. The third-order valence-corrected chi connectivity index (χ3v) is 5.91. The van der Waals surface area contributed by atoms with E-state index in [9.17, 15) is 4.79 Å². The summed E-state index contributed by atoms with van der Waals surface area (Å²) in [6.45, 7) is 4.97. The molecule has 0 aliphatic heterocycles. The van der Waals surface area contributed by atoms with Gasteiger partial charge in [-0.05, 0) is 61.6 Å². The maximum absolute atomic E-state index is 12.1. The molecule has 1 aliphatic carbocycles. The molecule has 2 heteroatoms. The van der Waals surface area contributed by atoms with Crippen molar-refractivity contribution in [3.63, 3.8) is 0 Å². The molecule has 0 bridgehead atoms. The van der Waals surface area contributed by atoms with Gasteiger partial charge in [-0.25, -0.2) is 4.79 Å². The quantitative estimate of drug-likeness (QED) is 0.307. The number of ether oxygens (including phenoxy) is 1. The van der Waals surface area contributed by atoms with Crippen LogP contribution in [0.1, 0.15) is 113 Å². The predicted molar refractivity (Wildman–Crippen MR) is 110 cm³/mol. The van der Waals surface area contributed by atoms with Crippen molar-refractivity contribution in [1.29, 1.82) is 0 Å². The Hall–Kier alpha value is -1.31. The van der Waals surface area contributed by atoms with Gasteiger partial charge < -0.3 is 4.74 Å². The van der Waals surface area contributed by atoms with Crippen molar-refractivity contribution in [2.24, 2.45) is 5.92 Å². The summed E-state index contributed by atoms with van der Waals surface area (Å²) in [6.07, 6.45) is 15.6. The molecule has 1 aromatic carbocycles. The molecule has 1 aromatic rings. The first-order valence-electron chi connectivity index (χ1n) is 11.0. The zero-order chi connectivity index (χ0) is 18.6. The SMILES string of the molecule is CCCCCC[C@H]1CC[C@H](c2ccc(C(=O)OCCCCC)cc2)CC1. The van der Waals surface area contributed by atoms with E-state index < -0.39 is 0 Å². The smallest absolute Gasteiger partial charge is 0.338 e. The van der Waals surface area contributed by atoms with Gasteiger partial charge in [0.1, 0.15) is 0 Å². The van der Waals surface area contributed by atoms with E-state index in [1.165, 1.54) is 63.4 Å². The molecular weight excluding hydrogens is 320 g/mol. The third-order valence-electron chi connectivity index (χ3n) is 5.91. The van der Waals surface area contributed by atoms with Gasteiger partial charge in [-0.2, -0.15) is 0 Å². The second-order valence-electron chi connectivity index (χ2n) is 8.03. The lowest BCUT2D eigenvalue weighted by Crippen LogP contribution is -2.13. The van der Waals surface area contributed by atoms with Crippen LogP contribution in [0.4, 0.5) is 0 Å². The summed E-state index contributed by atoms with van der Waals surface area (Å²) in [5.74, 6) is 1.44. The largest absolute Gasteiger partial charge is 0.462 e. The highest BCUT2D eigenvalue weighted by Crippen LogP contribution is 2.37. The second-order valence-corrected chi connectivity index (χ2v) is 8.03. The first-order valence-corrected chi connectivity index (χ1v) is 11.0. The molecule has 1 fully saturated rings. The highest BCUT2D eigenvalue weighted by molar-refractivity contribution is 5.89. The molecule has 0 heterocycles. The van der Waals surface area contributed by atoms with Crippen molar-refractivity contribution < 1.29 is 9.53 Å². The molecule has 1 aliphatic rings. The van der Waals surface area contributed by atoms with Gasteiger partial charge in [0.25, 0.3) is 0 Å².